The largest absolute Gasteiger partial charge is 0.337 e. The van der Waals surface area contributed by atoms with Crippen molar-refractivity contribution >= 4 is 11.6 Å². The Balaban J connectivity index is 2.35. The van der Waals surface area contributed by atoms with E-state index in [2.05, 4.69) is 10.1 Å². The predicted octanol–water partition coefficient (Wildman–Crippen LogP) is 3.18. The summed E-state index contributed by atoms with van der Waals surface area (Å²) in [7, 11) is 0. The number of benzene rings is 1. The molecule has 0 saturated heterocycles. The third-order valence-corrected chi connectivity index (χ3v) is 2.93. The molecule has 0 aliphatic heterocycles. The van der Waals surface area contributed by atoms with Crippen LogP contribution in [0.2, 0.25) is 5.02 Å². The van der Waals surface area contributed by atoms with Crippen molar-refractivity contribution in [2.24, 2.45) is 11.7 Å². The molecule has 96 valence electrons. The van der Waals surface area contributed by atoms with Gasteiger partial charge in [-0.2, -0.15) is 4.98 Å². The number of hydrogen-bond acceptors (Lipinski definition) is 4. The SMILES string of the molecule is CC(C)C(N)c1nc(-c2ccc(F)cc2Cl)no1. The van der Waals surface area contributed by atoms with E-state index in [1.54, 1.807) is 0 Å². The average molecular weight is 270 g/mol. The van der Waals surface area contributed by atoms with Crippen molar-refractivity contribution in [3.05, 3.63) is 34.9 Å². The number of nitrogens with two attached hydrogens (primary N) is 1. The van der Waals surface area contributed by atoms with E-state index in [-0.39, 0.29) is 17.0 Å². The van der Waals surface area contributed by atoms with Crippen molar-refractivity contribution < 1.29 is 8.91 Å². The van der Waals surface area contributed by atoms with Gasteiger partial charge in [0.05, 0.1) is 11.1 Å². The summed E-state index contributed by atoms with van der Waals surface area (Å²) in [5, 5.41) is 4.04. The summed E-state index contributed by atoms with van der Waals surface area (Å²) in [6, 6.07) is 3.67. The maximum absolute atomic E-state index is 12.9. The molecule has 1 unspecified atom stereocenters. The minimum Gasteiger partial charge on any atom is -0.337 e. The van der Waals surface area contributed by atoms with E-state index in [9.17, 15) is 4.39 Å². The second-order valence-corrected chi connectivity index (χ2v) is 4.76. The molecule has 1 atom stereocenters. The molecule has 0 fully saturated rings. The summed E-state index contributed by atoms with van der Waals surface area (Å²) in [6.07, 6.45) is 0. The van der Waals surface area contributed by atoms with Crippen molar-refractivity contribution in [2.45, 2.75) is 19.9 Å². The van der Waals surface area contributed by atoms with Crippen molar-refractivity contribution in [2.75, 3.05) is 0 Å². The van der Waals surface area contributed by atoms with Crippen LogP contribution in [0.25, 0.3) is 11.4 Å². The first-order chi connectivity index (χ1) is 8.49. The third-order valence-electron chi connectivity index (χ3n) is 2.62. The highest BCUT2D eigenvalue weighted by Crippen LogP contribution is 2.27. The molecular weight excluding hydrogens is 257 g/mol. The van der Waals surface area contributed by atoms with Gasteiger partial charge in [-0.25, -0.2) is 4.39 Å². The smallest absolute Gasteiger partial charge is 0.244 e. The Bertz CT molecular complexity index is 556. The van der Waals surface area contributed by atoms with E-state index < -0.39 is 5.82 Å². The molecule has 2 rings (SSSR count). The summed E-state index contributed by atoms with van der Waals surface area (Å²) < 4.78 is 18.0. The first-order valence-corrected chi connectivity index (χ1v) is 5.91. The lowest BCUT2D eigenvalue weighted by Crippen LogP contribution is -2.16. The van der Waals surface area contributed by atoms with Gasteiger partial charge >= 0.3 is 0 Å². The highest BCUT2D eigenvalue weighted by atomic mass is 35.5. The molecule has 1 heterocycles. The van der Waals surface area contributed by atoms with Gasteiger partial charge in [0.2, 0.25) is 11.7 Å². The van der Waals surface area contributed by atoms with Gasteiger partial charge in [0.25, 0.3) is 0 Å². The molecule has 2 N–H and O–H groups in total. The van der Waals surface area contributed by atoms with E-state index in [1.807, 2.05) is 13.8 Å². The maximum Gasteiger partial charge on any atom is 0.244 e. The first-order valence-electron chi connectivity index (χ1n) is 5.53. The standard InChI is InChI=1S/C12H13ClFN3O/c1-6(2)10(15)12-16-11(17-18-12)8-4-3-7(14)5-9(8)13/h3-6,10H,15H2,1-2H3. The van der Waals surface area contributed by atoms with Crippen LogP contribution in [-0.4, -0.2) is 10.1 Å². The van der Waals surface area contributed by atoms with Crippen LogP contribution in [0.1, 0.15) is 25.8 Å². The van der Waals surface area contributed by atoms with Gasteiger partial charge in [0.15, 0.2) is 0 Å². The minimum absolute atomic E-state index is 0.182. The Morgan fingerprint density at radius 1 is 1.39 bits per heavy atom. The highest BCUT2D eigenvalue weighted by molar-refractivity contribution is 6.33. The third kappa shape index (κ3) is 2.52. The van der Waals surface area contributed by atoms with Crippen LogP contribution in [0, 0.1) is 11.7 Å². The van der Waals surface area contributed by atoms with Crippen molar-refractivity contribution in [1.82, 2.24) is 10.1 Å². The van der Waals surface area contributed by atoms with E-state index in [4.69, 9.17) is 21.9 Å². The fourth-order valence-electron chi connectivity index (χ4n) is 1.44. The summed E-state index contributed by atoms with van der Waals surface area (Å²) in [6.45, 7) is 3.92. The van der Waals surface area contributed by atoms with Crippen LogP contribution in [0.5, 0.6) is 0 Å². The number of aromatic nitrogens is 2. The molecule has 0 saturated carbocycles. The number of nitrogens with zero attached hydrogens (tertiary/aromatic N) is 2. The average Bonchev–Trinajstić information content (AvgIpc) is 2.77. The highest BCUT2D eigenvalue weighted by Gasteiger charge is 2.19. The van der Waals surface area contributed by atoms with Gasteiger partial charge in [0, 0.05) is 5.56 Å². The lowest BCUT2D eigenvalue weighted by atomic mass is 10.1. The second kappa shape index (κ2) is 5.04. The van der Waals surface area contributed by atoms with E-state index in [1.165, 1.54) is 18.2 Å². The van der Waals surface area contributed by atoms with Gasteiger partial charge < -0.3 is 10.3 Å². The molecule has 0 aliphatic carbocycles. The molecule has 1 aromatic heterocycles. The normalized spacial score (nSPS) is 13.0. The lowest BCUT2D eigenvalue weighted by Gasteiger charge is -2.09. The Morgan fingerprint density at radius 3 is 2.72 bits per heavy atom. The zero-order valence-electron chi connectivity index (χ0n) is 10.0. The van der Waals surface area contributed by atoms with E-state index >= 15 is 0 Å². The second-order valence-electron chi connectivity index (χ2n) is 4.35. The molecule has 4 nitrogen and oxygen atoms in total. The Morgan fingerprint density at radius 2 is 2.11 bits per heavy atom. The molecule has 18 heavy (non-hydrogen) atoms. The molecule has 6 heteroatoms. The topological polar surface area (TPSA) is 64.9 Å². The summed E-state index contributed by atoms with van der Waals surface area (Å²) in [4.78, 5) is 4.18. The Kier molecular flexibility index (Phi) is 3.63. The van der Waals surface area contributed by atoms with E-state index in [0.29, 0.717) is 17.3 Å². The summed E-state index contributed by atoms with van der Waals surface area (Å²) in [5.74, 6) is 0.430. The molecule has 0 amide bonds. The molecule has 2 aromatic rings. The van der Waals surface area contributed by atoms with Crippen LogP contribution in [0.3, 0.4) is 0 Å². The zero-order valence-corrected chi connectivity index (χ0v) is 10.8. The monoisotopic (exact) mass is 269 g/mol. The maximum atomic E-state index is 12.9. The van der Waals surface area contributed by atoms with Crippen LogP contribution >= 0.6 is 11.6 Å². The lowest BCUT2D eigenvalue weighted by molar-refractivity contribution is 0.325. The summed E-state index contributed by atoms with van der Waals surface area (Å²) in [5.41, 5.74) is 6.42. The van der Waals surface area contributed by atoms with Gasteiger partial charge in [-0.05, 0) is 24.1 Å². The van der Waals surface area contributed by atoms with Gasteiger partial charge in [-0.15, -0.1) is 0 Å². The zero-order chi connectivity index (χ0) is 13.3. The molecule has 1 aromatic carbocycles. The fourth-order valence-corrected chi connectivity index (χ4v) is 1.69. The van der Waals surface area contributed by atoms with Crippen LogP contribution < -0.4 is 5.73 Å². The van der Waals surface area contributed by atoms with Gasteiger partial charge in [-0.3, -0.25) is 0 Å². The Labute approximate surface area is 109 Å². The fraction of sp³-hybridized carbons (Fsp3) is 0.333. The van der Waals surface area contributed by atoms with Crippen LogP contribution in [-0.2, 0) is 0 Å². The van der Waals surface area contributed by atoms with Gasteiger partial charge in [0.1, 0.15) is 5.82 Å². The van der Waals surface area contributed by atoms with Gasteiger partial charge in [-0.1, -0.05) is 30.6 Å². The van der Waals surface area contributed by atoms with Crippen molar-refractivity contribution in [1.29, 1.82) is 0 Å². The molecular formula is C12H13ClFN3O. The molecule has 0 spiro atoms. The molecule has 0 radical (unpaired) electrons. The van der Waals surface area contributed by atoms with Crippen LogP contribution in [0.15, 0.2) is 22.7 Å². The predicted molar refractivity (Wildman–Crippen MR) is 66.5 cm³/mol. The quantitative estimate of drug-likeness (QED) is 0.929. The summed E-state index contributed by atoms with van der Waals surface area (Å²) >= 11 is 5.92. The molecule has 0 aliphatic rings. The number of halogens is 2. The van der Waals surface area contributed by atoms with Crippen molar-refractivity contribution in [3.8, 4) is 11.4 Å². The van der Waals surface area contributed by atoms with E-state index in [0.717, 1.165) is 0 Å². The number of rotatable bonds is 3. The number of hydrogen-bond donors (Lipinski definition) is 1. The van der Waals surface area contributed by atoms with Crippen LogP contribution in [0.4, 0.5) is 4.39 Å². The minimum atomic E-state index is -0.411. The first kappa shape index (κ1) is 13.0. The molecule has 0 bridgehead atoms. The Hall–Kier alpha value is -1.46. The van der Waals surface area contributed by atoms with Crippen molar-refractivity contribution in [3.63, 3.8) is 0 Å².